The average molecular weight is 314 g/mol. The van der Waals surface area contributed by atoms with Crippen LogP contribution in [0.5, 0.6) is 0 Å². The number of amides is 1. The molecule has 0 unspecified atom stereocenters. The lowest BCUT2D eigenvalue weighted by Gasteiger charge is -2.31. The lowest BCUT2D eigenvalue weighted by atomic mass is 10.0. The molecule has 0 spiro atoms. The molecule has 1 heterocycles. The van der Waals surface area contributed by atoms with Gasteiger partial charge < -0.3 is 14.7 Å². The van der Waals surface area contributed by atoms with Gasteiger partial charge in [-0.2, -0.15) is 0 Å². The normalized spacial score (nSPS) is 13.1. The lowest BCUT2D eigenvalue weighted by molar-refractivity contribution is 0.0175. The van der Waals surface area contributed by atoms with E-state index < -0.39 is 17.7 Å². The monoisotopic (exact) mass is 314 g/mol. The molecule has 1 rings (SSSR count). The first kappa shape index (κ1) is 17.4. The molecule has 1 amide bonds. The first-order valence-corrected chi connectivity index (χ1v) is 7.55. The fourth-order valence-corrected chi connectivity index (χ4v) is 2.97. The summed E-state index contributed by atoms with van der Waals surface area (Å²) in [6, 6.07) is -0.321. The van der Waals surface area contributed by atoms with Gasteiger partial charge in [0.1, 0.15) is 10.6 Å². The van der Waals surface area contributed by atoms with Gasteiger partial charge >= 0.3 is 12.1 Å². The maximum atomic E-state index is 12.2. The average Bonchev–Trinajstić information content (AvgIpc) is 2.75. The third-order valence-corrected chi connectivity index (χ3v) is 3.64. The maximum absolute atomic E-state index is 12.2. The van der Waals surface area contributed by atoms with E-state index in [-0.39, 0.29) is 17.7 Å². The van der Waals surface area contributed by atoms with Crippen molar-refractivity contribution < 1.29 is 19.4 Å². The molecular weight excluding hydrogens is 292 g/mol. The largest absolute Gasteiger partial charge is 0.476 e. The molecule has 1 N–H and O–H groups in total. The summed E-state index contributed by atoms with van der Waals surface area (Å²) in [5.41, 5.74) is -0.583. The first-order chi connectivity index (χ1) is 9.53. The summed E-state index contributed by atoms with van der Waals surface area (Å²) in [6.07, 6.45) is -0.451. The molecule has 21 heavy (non-hydrogen) atoms. The minimum absolute atomic E-state index is 0.00163. The highest BCUT2D eigenvalue weighted by Gasteiger charge is 2.31. The number of nitrogens with zero attached hydrogens (tertiary/aromatic N) is 2. The number of carbonyl (C=O) groups is 2. The highest BCUT2D eigenvalue weighted by molar-refractivity contribution is 7.09. The van der Waals surface area contributed by atoms with E-state index in [0.29, 0.717) is 5.01 Å². The van der Waals surface area contributed by atoms with Crippen molar-refractivity contribution in [2.24, 2.45) is 5.92 Å². The molecule has 6 nitrogen and oxygen atoms in total. The van der Waals surface area contributed by atoms with Gasteiger partial charge in [0.05, 0.1) is 6.04 Å². The zero-order valence-electron chi connectivity index (χ0n) is 13.2. The predicted molar refractivity (Wildman–Crippen MR) is 80.6 cm³/mol. The van der Waals surface area contributed by atoms with Crippen LogP contribution in [0, 0.1) is 5.92 Å². The van der Waals surface area contributed by atoms with Crippen molar-refractivity contribution in [3.8, 4) is 0 Å². The van der Waals surface area contributed by atoms with E-state index in [1.54, 1.807) is 27.8 Å². The molecule has 0 fully saturated rings. The number of carboxylic acids is 1. The molecule has 1 aromatic rings. The number of ether oxygens (including phenoxy) is 1. The molecule has 0 saturated carbocycles. The lowest BCUT2D eigenvalue weighted by Crippen LogP contribution is -2.38. The molecule has 0 aliphatic rings. The van der Waals surface area contributed by atoms with Crippen molar-refractivity contribution in [1.29, 1.82) is 0 Å². The summed E-state index contributed by atoms with van der Waals surface area (Å²) in [5, 5.41) is 11.0. The summed E-state index contributed by atoms with van der Waals surface area (Å²) in [4.78, 5) is 28.7. The molecule has 0 aliphatic carbocycles. The molecule has 0 saturated heterocycles. The number of rotatable bonds is 4. The van der Waals surface area contributed by atoms with Crippen LogP contribution in [-0.2, 0) is 4.74 Å². The van der Waals surface area contributed by atoms with E-state index in [2.05, 4.69) is 4.98 Å². The van der Waals surface area contributed by atoms with Crippen LogP contribution in [0.4, 0.5) is 4.79 Å². The molecule has 0 bridgehead atoms. The van der Waals surface area contributed by atoms with Crippen molar-refractivity contribution >= 4 is 23.4 Å². The predicted octanol–water partition coefficient (Wildman–Crippen LogP) is 3.41. The van der Waals surface area contributed by atoms with Gasteiger partial charge in [0.15, 0.2) is 5.69 Å². The molecule has 0 aromatic carbocycles. The van der Waals surface area contributed by atoms with Crippen molar-refractivity contribution in [3.63, 3.8) is 0 Å². The van der Waals surface area contributed by atoms with E-state index in [1.807, 2.05) is 13.8 Å². The van der Waals surface area contributed by atoms with E-state index in [0.717, 1.165) is 0 Å². The molecule has 0 aliphatic heterocycles. The van der Waals surface area contributed by atoms with Gasteiger partial charge in [-0.1, -0.05) is 13.8 Å². The van der Waals surface area contributed by atoms with Crippen LogP contribution in [0.25, 0.3) is 0 Å². The van der Waals surface area contributed by atoms with Crippen LogP contribution >= 0.6 is 11.3 Å². The Morgan fingerprint density at radius 1 is 1.38 bits per heavy atom. The highest BCUT2D eigenvalue weighted by Crippen LogP contribution is 2.31. The van der Waals surface area contributed by atoms with Crippen molar-refractivity contribution in [2.45, 2.75) is 46.3 Å². The summed E-state index contributed by atoms with van der Waals surface area (Å²) >= 11 is 1.24. The molecule has 1 atom stereocenters. The van der Waals surface area contributed by atoms with Gasteiger partial charge in [0, 0.05) is 12.4 Å². The summed E-state index contributed by atoms with van der Waals surface area (Å²) in [6.45, 7) is 9.31. The Morgan fingerprint density at radius 2 is 1.95 bits per heavy atom. The van der Waals surface area contributed by atoms with Gasteiger partial charge in [0.2, 0.25) is 0 Å². The van der Waals surface area contributed by atoms with Crippen LogP contribution in [-0.4, -0.2) is 39.7 Å². The Morgan fingerprint density at radius 3 is 2.33 bits per heavy atom. The Hall–Kier alpha value is -1.63. The molecule has 118 valence electrons. The van der Waals surface area contributed by atoms with E-state index >= 15 is 0 Å². The Kier molecular flexibility index (Phi) is 5.33. The standard InChI is InChI=1S/C14H22N2O4S/c1-8(2)10(11-15-9(7-21-11)12(17)18)16(6)13(19)20-14(3,4)5/h7-8,10H,1-6H3,(H,17,18)/t10-/m0/s1. The first-order valence-electron chi connectivity index (χ1n) is 6.67. The number of thiazole rings is 1. The topological polar surface area (TPSA) is 79.7 Å². The third kappa shape index (κ3) is 4.70. The minimum Gasteiger partial charge on any atom is -0.476 e. The molecule has 7 heteroatoms. The van der Waals surface area contributed by atoms with Gasteiger partial charge in [-0.25, -0.2) is 14.6 Å². The van der Waals surface area contributed by atoms with Gasteiger partial charge in [-0.3, -0.25) is 0 Å². The number of hydrogen-bond acceptors (Lipinski definition) is 5. The Bertz CT molecular complexity index is 519. The fraction of sp³-hybridized carbons (Fsp3) is 0.643. The number of carboxylic acid groups (broad SMARTS) is 1. The van der Waals surface area contributed by atoms with Crippen LogP contribution in [0.15, 0.2) is 5.38 Å². The minimum atomic E-state index is -1.07. The SMILES string of the molecule is CC(C)[C@@H](c1nc(C(=O)O)cs1)N(C)C(=O)OC(C)(C)C. The fourth-order valence-electron chi connectivity index (χ4n) is 1.87. The second-order valence-electron chi connectivity index (χ2n) is 6.16. The van der Waals surface area contributed by atoms with E-state index in [1.165, 1.54) is 21.6 Å². The molecular formula is C14H22N2O4S. The van der Waals surface area contributed by atoms with Crippen molar-refractivity contribution in [3.05, 3.63) is 16.1 Å². The van der Waals surface area contributed by atoms with Crippen LogP contribution < -0.4 is 0 Å². The van der Waals surface area contributed by atoms with Crippen LogP contribution in [0.3, 0.4) is 0 Å². The highest BCUT2D eigenvalue weighted by atomic mass is 32.1. The van der Waals surface area contributed by atoms with Crippen molar-refractivity contribution in [2.75, 3.05) is 7.05 Å². The number of aromatic carboxylic acids is 1. The smallest absolute Gasteiger partial charge is 0.410 e. The number of aromatic nitrogens is 1. The molecule has 0 radical (unpaired) electrons. The molecule has 1 aromatic heterocycles. The third-order valence-electron chi connectivity index (χ3n) is 2.72. The Balaban J connectivity index is 3.00. The summed E-state index contributed by atoms with van der Waals surface area (Å²) in [5.74, 6) is -0.991. The second-order valence-corrected chi connectivity index (χ2v) is 7.05. The van der Waals surface area contributed by atoms with Gasteiger partial charge in [-0.05, 0) is 26.7 Å². The van der Waals surface area contributed by atoms with E-state index in [4.69, 9.17) is 9.84 Å². The Labute approximate surface area is 128 Å². The summed E-state index contributed by atoms with van der Waals surface area (Å²) in [7, 11) is 1.64. The van der Waals surface area contributed by atoms with Gasteiger partial charge in [-0.15, -0.1) is 11.3 Å². The number of carbonyl (C=O) groups excluding carboxylic acids is 1. The van der Waals surface area contributed by atoms with Crippen LogP contribution in [0.2, 0.25) is 0 Å². The zero-order valence-corrected chi connectivity index (χ0v) is 14.0. The maximum Gasteiger partial charge on any atom is 0.410 e. The zero-order chi connectivity index (χ0) is 16.4. The quantitative estimate of drug-likeness (QED) is 0.921. The van der Waals surface area contributed by atoms with Gasteiger partial charge in [0.25, 0.3) is 0 Å². The van der Waals surface area contributed by atoms with E-state index in [9.17, 15) is 9.59 Å². The van der Waals surface area contributed by atoms with Crippen molar-refractivity contribution in [1.82, 2.24) is 9.88 Å². The number of hydrogen-bond donors (Lipinski definition) is 1. The second kappa shape index (κ2) is 6.43. The van der Waals surface area contributed by atoms with Crippen LogP contribution in [0.1, 0.15) is 56.2 Å². The summed E-state index contributed by atoms with van der Waals surface area (Å²) < 4.78 is 5.35.